The van der Waals surface area contributed by atoms with Crippen LogP contribution in [0, 0.1) is 0 Å². The zero-order valence-electron chi connectivity index (χ0n) is 44.2. The molecule has 6 N–H and O–H groups in total. The average Bonchev–Trinajstić information content (AvgIpc) is 3.34. The molecule has 1 amide bonds. The second kappa shape index (κ2) is 46.7. The van der Waals surface area contributed by atoms with Crippen LogP contribution in [0.25, 0.3) is 0 Å². The van der Waals surface area contributed by atoms with Crippen molar-refractivity contribution in [1.29, 1.82) is 0 Å². The quantitative estimate of drug-likeness (QED) is 0.0149. The highest BCUT2D eigenvalue weighted by atomic mass is 16.7. The summed E-state index contributed by atoms with van der Waals surface area (Å²) in [7, 11) is 0. The number of amides is 1. The lowest BCUT2D eigenvalue weighted by atomic mass is 9.99. The van der Waals surface area contributed by atoms with Gasteiger partial charge in [0, 0.05) is 6.42 Å². The summed E-state index contributed by atoms with van der Waals surface area (Å²) >= 11 is 0. The number of aliphatic hydroxyl groups is 5. The van der Waals surface area contributed by atoms with E-state index >= 15 is 0 Å². The van der Waals surface area contributed by atoms with Crippen molar-refractivity contribution in [2.45, 2.75) is 294 Å². The molecule has 1 aliphatic rings. The van der Waals surface area contributed by atoms with Gasteiger partial charge in [0.1, 0.15) is 24.4 Å². The van der Waals surface area contributed by atoms with Gasteiger partial charge in [0.25, 0.3) is 0 Å². The Morgan fingerprint density at radius 2 is 1.04 bits per heavy atom. The summed E-state index contributed by atoms with van der Waals surface area (Å²) in [5.41, 5.74) is 0. The Hall–Kier alpha value is -2.38. The molecule has 0 saturated carbocycles. The van der Waals surface area contributed by atoms with Gasteiger partial charge in [-0.2, -0.15) is 0 Å². The first-order chi connectivity index (χ1) is 33.7. The number of rotatable bonds is 47. The van der Waals surface area contributed by atoms with Crippen LogP contribution in [0.5, 0.6) is 0 Å². The van der Waals surface area contributed by atoms with Gasteiger partial charge in [-0.1, -0.05) is 243 Å². The van der Waals surface area contributed by atoms with Gasteiger partial charge in [0.15, 0.2) is 12.4 Å². The summed E-state index contributed by atoms with van der Waals surface area (Å²) in [5.74, 6) is -1.21. The minimum absolute atomic E-state index is 0.101. The van der Waals surface area contributed by atoms with Gasteiger partial charge in [0.2, 0.25) is 5.91 Å². The van der Waals surface area contributed by atoms with Gasteiger partial charge in [-0.25, -0.2) is 0 Å². The van der Waals surface area contributed by atoms with E-state index in [-0.39, 0.29) is 13.0 Å². The van der Waals surface area contributed by atoms with Crippen molar-refractivity contribution in [3.8, 4) is 0 Å². The summed E-state index contributed by atoms with van der Waals surface area (Å²) in [4.78, 5) is 26.4. The number of hydrogen-bond acceptors (Lipinski definition) is 10. The highest BCUT2D eigenvalue weighted by Crippen LogP contribution is 2.26. The molecule has 0 aromatic carbocycles. The van der Waals surface area contributed by atoms with Crippen LogP contribution in [0.4, 0.5) is 0 Å². The molecule has 1 heterocycles. The summed E-state index contributed by atoms with van der Waals surface area (Å²) in [6, 6.07) is -1.02. The molecule has 1 saturated heterocycles. The van der Waals surface area contributed by atoms with Crippen LogP contribution in [0.1, 0.15) is 245 Å². The van der Waals surface area contributed by atoms with Crippen molar-refractivity contribution in [3.63, 3.8) is 0 Å². The standard InChI is InChI=1S/C58H105NO10/c1-4-7-10-13-16-19-22-24-25-26-28-30-33-36-39-42-45-51(62)57(66)59-49(50(61)44-41-38-35-32-29-21-18-15-12-9-6-3)48-67-58-56(55(65)54(64)52(47-60)68-58)69-53(63)46-43-40-37-34-31-27-23-20-17-14-11-8-5-2/h8,11,14,17,20,23,41,44,49-52,54-56,58,60-62,64-65H,4-7,9-10,12-13,15-16,18-19,21-22,24-40,42-43,45-48H2,1-3H3,(H,59,66)/b11-8+,17-14+,23-20-,44-41+. The maximum atomic E-state index is 13.4. The first-order valence-electron chi connectivity index (χ1n) is 28.4. The Morgan fingerprint density at radius 1 is 0.580 bits per heavy atom. The maximum absolute atomic E-state index is 13.4. The molecule has 0 spiro atoms. The number of allylic oxidation sites excluding steroid dienone is 7. The lowest BCUT2D eigenvalue weighted by Crippen LogP contribution is -2.61. The molecule has 8 unspecified atom stereocenters. The minimum Gasteiger partial charge on any atom is -0.454 e. The third kappa shape index (κ3) is 35.4. The van der Waals surface area contributed by atoms with E-state index in [4.69, 9.17) is 14.2 Å². The second-order valence-corrected chi connectivity index (χ2v) is 19.7. The molecule has 0 aliphatic carbocycles. The van der Waals surface area contributed by atoms with E-state index in [2.05, 4.69) is 44.3 Å². The zero-order chi connectivity index (χ0) is 50.4. The van der Waals surface area contributed by atoms with Crippen LogP contribution in [0.3, 0.4) is 0 Å². The Morgan fingerprint density at radius 3 is 1.55 bits per heavy atom. The monoisotopic (exact) mass is 976 g/mol. The first kappa shape index (κ1) is 64.6. The zero-order valence-corrected chi connectivity index (χ0v) is 44.2. The molecule has 0 aromatic rings. The van der Waals surface area contributed by atoms with Crippen LogP contribution in [-0.4, -0.2) is 99.6 Å². The SMILES string of the molecule is CC/C=C/C=C/C=C\CCCCCCCC(=O)OC1C(OCC(NC(=O)C(O)CCCCCCCCCCCCCCCCCC)C(O)/C=C/CCCCCCCCCCC)OC(CO)C(O)C1O. The maximum Gasteiger partial charge on any atom is 0.306 e. The molecule has 11 heteroatoms. The largest absolute Gasteiger partial charge is 0.454 e. The van der Waals surface area contributed by atoms with Gasteiger partial charge in [-0.15, -0.1) is 0 Å². The third-order valence-corrected chi connectivity index (χ3v) is 13.3. The number of carbonyl (C=O) groups is 2. The number of ether oxygens (including phenoxy) is 3. The molecule has 11 nitrogen and oxygen atoms in total. The predicted molar refractivity (Wildman–Crippen MR) is 283 cm³/mol. The molecule has 1 rings (SSSR count). The van der Waals surface area contributed by atoms with Crippen molar-refractivity contribution in [2.75, 3.05) is 13.2 Å². The predicted octanol–water partition coefficient (Wildman–Crippen LogP) is 12.5. The molecule has 0 bridgehead atoms. The highest BCUT2D eigenvalue weighted by molar-refractivity contribution is 5.80. The fourth-order valence-corrected chi connectivity index (χ4v) is 8.77. The van der Waals surface area contributed by atoms with E-state index in [9.17, 15) is 35.1 Å². The van der Waals surface area contributed by atoms with Gasteiger partial charge in [-0.3, -0.25) is 9.59 Å². The Kier molecular flexibility index (Phi) is 43.7. The summed E-state index contributed by atoms with van der Waals surface area (Å²) in [5, 5.41) is 56.7. The van der Waals surface area contributed by atoms with Crippen LogP contribution < -0.4 is 5.32 Å². The van der Waals surface area contributed by atoms with Crippen molar-refractivity contribution in [1.82, 2.24) is 5.32 Å². The fourth-order valence-electron chi connectivity index (χ4n) is 8.77. The topological polar surface area (TPSA) is 175 Å². The molecule has 1 fully saturated rings. The highest BCUT2D eigenvalue weighted by Gasteiger charge is 2.47. The molecule has 402 valence electrons. The second-order valence-electron chi connectivity index (χ2n) is 19.7. The summed E-state index contributed by atoms with van der Waals surface area (Å²) in [6.07, 6.45) is 44.5. The van der Waals surface area contributed by atoms with E-state index in [0.717, 1.165) is 77.0 Å². The molecule has 0 radical (unpaired) electrons. The number of aliphatic hydroxyl groups excluding tert-OH is 5. The molecular weight excluding hydrogens is 871 g/mol. The van der Waals surface area contributed by atoms with Gasteiger partial charge in [0.05, 0.1) is 25.4 Å². The molecule has 0 aromatic heterocycles. The number of hydrogen-bond donors (Lipinski definition) is 6. The van der Waals surface area contributed by atoms with Gasteiger partial charge < -0.3 is 45.1 Å². The molecular formula is C58H105NO10. The van der Waals surface area contributed by atoms with Gasteiger partial charge in [-0.05, 0) is 44.9 Å². The van der Waals surface area contributed by atoms with Crippen molar-refractivity contribution < 1.29 is 49.3 Å². The van der Waals surface area contributed by atoms with Crippen molar-refractivity contribution in [3.05, 3.63) is 48.6 Å². The Bertz CT molecular complexity index is 1300. The minimum atomic E-state index is -1.62. The van der Waals surface area contributed by atoms with Gasteiger partial charge >= 0.3 is 5.97 Å². The summed E-state index contributed by atoms with van der Waals surface area (Å²) in [6.45, 7) is 5.63. The van der Waals surface area contributed by atoms with Crippen LogP contribution in [0.15, 0.2) is 48.6 Å². The Balaban J connectivity index is 2.73. The third-order valence-electron chi connectivity index (χ3n) is 13.3. The average molecular weight is 976 g/mol. The fraction of sp³-hybridized carbons (Fsp3) is 0.828. The van der Waals surface area contributed by atoms with E-state index in [1.807, 2.05) is 24.3 Å². The Labute approximate surface area is 421 Å². The molecule has 69 heavy (non-hydrogen) atoms. The van der Waals surface area contributed by atoms with Crippen molar-refractivity contribution >= 4 is 11.9 Å². The smallest absolute Gasteiger partial charge is 0.306 e. The van der Waals surface area contributed by atoms with Crippen LogP contribution in [0.2, 0.25) is 0 Å². The van der Waals surface area contributed by atoms with Crippen LogP contribution >= 0.6 is 0 Å². The lowest BCUT2D eigenvalue weighted by Gasteiger charge is -2.41. The number of esters is 1. The van der Waals surface area contributed by atoms with E-state index < -0.39 is 67.4 Å². The van der Waals surface area contributed by atoms with Crippen LogP contribution in [-0.2, 0) is 23.8 Å². The normalized spacial score (nSPS) is 20.1. The summed E-state index contributed by atoms with van der Waals surface area (Å²) < 4.78 is 17.5. The first-order valence-corrected chi connectivity index (χ1v) is 28.4. The molecule has 8 atom stereocenters. The van der Waals surface area contributed by atoms with E-state index in [0.29, 0.717) is 19.3 Å². The number of carbonyl (C=O) groups excluding carboxylic acids is 2. The molecule has 1 aliphatic heterocycles. The number of unbranched alkanes of at least 4 members (excludes halogenated alkanes) is 29. The van der Waals surface area contributed by atoms with E-state index in [1.165, 1.54) is 122 Å². The lowest BCUT2D eigenvalue weighted by molar-refractivity contribution is -0.305. The van der Waals surface area contributed by atoms with Crippen molar-refractivity contribution in [2.24, 2.45) is 0 Å². The van der Waals surface area contributed by atoms with E-state index in [1.54, 1.807) is 6.08 Å². The number of nitrogens with one attached hydrogen (secondary N) is 1.